The Kier molecular flexibility index (Phi) is 8.08. The summed E-state index contributed by atoms with van der Waals surface area (Å²) < 4.78 is 5.35. The number of benzene rings is 2. The van der Waals surface area contributed by atoms with Crippen molar-refractivity contribution in [3.8, 4) is 0 Å². The standard InChI is InChI=1S/C25H31N5O3/c31-24(18-26-10-4-12-30-13-15-33-16-14-30)29-23-7-2-1-6-21(23)25(32)28-17-19-5-3-8-22-20(19)9-11-27-22/h1-3,5-9,11,26-27H,4,10,12-18H2,(H,28,32)(H,29,31). The molecule has 8 nitrogen and oxygen atoms in total. The molecule has 0 radical (unpaired) electrons. The fourth-order valence-corrected chi connectivity index (χ4v) is 4.01. The second-order valence-electron chi connectivity index (χ2n) is 8.12. The maximum atomic E-state index is 12.8. The minimum absolute atomic E-state index is 0.168. The van der Waals surface area contributed by atoms with Crippen LogP contribution in [0.5, 0.6) is 0 Å². The molecule has 2 heterocycles. The van der Waals surface area contributed by atoms with Crippen molar-refractivity contribution >= 4 is 28.4 Å². The Bertz CT molecular complexity index is 1070. The van der Waals surface area contributed by atoms with E-state index in [0.717, 1.165) is 62.3 Å². The first-order valence-corrected chi connectivity index (χ1v) is 11.4. The molecule has 0 saturated carbocycles. The van der Waals surface area contributed by atoms with Gasteiger partial charge in [-0.15, -0.1) is 0 Å². The van der Waals surface area contributed by atoms with Crippen molar-refractivity contribution < 1.29 is 14.3 Å². The summed E-state index contributed by atoms with van der Waals surface area (Å²) in [5.41, 5.74) is 3.02. The second-order valence-corrected chi connectivity index (χ2v) is 8.12. The highest BCUT2D eigenvalue weighted by Gasteiger charge is 2.14. The topological polar surface area (TPSA) is 98.5 Å². The first kappa shape index (κ1) is 23.0. The molecule has 0 unspecified atom stereocenters. The zero-order valence-electron chi connectivity index (χ0n) is 18.7. The van der Waals surface area contributed by atoms with E-state index in [1.807, 2.05) is 36.5 Å². The van der Waals surface area contributed by atoms with Crippen molar-refractivity contribution in [3.05, 3.63) is 65.9 Å². The molecule has 1 aliphatic heterocycles. The minimum Gasteiger partial charge on any atom is -0.379 e. The van der Waals surface area contributed by atoms with Crippen molar-refractivity contribution in [1.82, 2.24) is 20.5 Å². The molecule has 2 amide bonds. The van der Waals surface area contributed by atoms with Crippen LogP contribution in [0.3, 0.4) is 0 Å². The van der Waals surface area contributed by atoms with Crippen molar-refractivity contribution in [3.63, 3.8) is 0 Å². The third-order valence-electron chi connectivity index (χ3n) is 5.79. The Morgan fingerprint density at radius 1 is 1.03 bits per heavy atom. The van der Waals surface area contributed by atoms with Gasteiger partial charge in [-0.3, -0.25) is 14.5 Å². The van der Waals surface area contributed by atoms with Gasteiger partial charge < -0.3 is 25.7 Å². The number of carbonyl (C=O) groups excluding carboxylic acids is 2. The van der Waals surface area contributed by atoms with Crippen molar-refractivity contribution in [2.24, 2.45) is 0 Å². The number of rotatable bonds is 10. The molecule has 33 heavy (non-hydrogen) atoms. The van der Waals surface area contributed by atoms with Crippen LogP contribution in [-0.2, 0) is 16.1 Å². The Balaban J connectivity index is 1.24. The number of fused-ring (bicyclic) bond motifs is 1. The largest absolute Gasteiger partial charge is 0.379 e. The molecule has 0 spiro atoms. The predicted octanol–water partition coefficient (Wildman–Crippen LogP) is 2.35. The average molecular weight is 450 g/mol. The minimum atomic E-state index is -0.225. The van der Waals surface area contributed by atoms with Gasteiger partial charge >= 0.3 is 0 Å². The number of para-hydroxylation sites is 1. The van der Waals surface area contributed by atoms with Gasteiger partial charge in [0.25, 0.3) is 5.91 Å². The van der Waals surface area contributed by atoms with Crippen LogP contribution in [0.15, 0.2) is 54.7 Å². The smallest absolute Gasteiger partial charge is 0.253 e. The third-order valence-corrected chi connectivity index (χ3v) is 5.79. The number of aromatic nitrogens is 1. The molecule has 174 valence electrons. The van der Waals surface area contributed by atoms with E-state index in [-0.39, 0.29) is 18.4 Å². The Morgan fingerprint density at radius 3 is 2.76 bits per heavy atom. The molecule has 1 saturated heterocycles. The second kappa shape index (κ2) is 11.6. The molecule has 2 aromatic carbocycles. The Labute approximate surface area is 193 Å². The summed E-state index contributed by atoms with van der Waals surface area (Å²) in [4.78, 5) is 30.8. The lowest BCUT2D eigenvalue weighted by molar-refractivity contribution is -0.115. The summed E-state index contributed by atoms with van der Waals surface area (Å²) in [6, 6.07) is 15.0. The van der Waals surface area contributed by atoms with E-state index in [4.69, 9.17) is 4.74 Å². The van der Waals surface area contributed by atoms with Crippen LogP contribution in [0.4, 0.5) is 5.69 Å². The number of aromatic amines is 1. The lowest BCUT2D eigenvalue weighted by Crippen LogP contribution is -2.38. The van der Waals surface area contributed by atoms with Gasteiger partial charge in [0.05, 0.1) is 31.0 Å². The molecule has 1 aliphatic rings. The zero-order chi connectivity index (χ0) is 22.9. The molecule has 4 N–H and O–H groups in total. The van der Waals surface area contributed by atoms with Gasteiger partial charge in [-0.25, -0.2) is 0 Å². The van der Waals surface area contributed by atoms with Gasteiger partial charge in [-0.05, 0) is 49.3 Å². The highest BCUT2D eigenvalue weighted by molar-refractivity contribution is 6.04. The number of nitrogens with one attached hydrogen (secondary N) is 4. The monoisotopic (exact) mass is 449 g/mol. The lowest BCUT2D eigenvalue weighted by atomic mass is 10.1. The molecule has 0 aliphatic carbocycles. The number of amides is 2. The number of morpholine rings is 1. The maximum absolute atomic E-state index is 12.8. The predicted molar refractivity (Wildman–Crippen MR) is 129 cm³/mol. The molecule has 1 fully saturated rings. The number of carbonyl (C=O) groups is 2. The van der Waals surface area contributed by atoms with E-state index in [2.05, 4.69) is 25.8 Å². The van der Waals surface area contributed by atoms with Crippen LogP contribution in [-0.4, -0.2) is 67.6 Å². The lowest BCUT2D eigenvalue weighted by Gasteiger charge is -2.26. The van der Waals surface area contributed by atoms with E-state index < -0.39 is 0 Å². The SMILES string of the molecule is O=C(CNCCCN1CCOCC1)Nc1ccccc1C(=O)NCc1cccc2[nH]ccc12. The third kappa shape index (κ3) is 6.41. The summed E-state index contributed by atoms with van der Waals surface area (Å²) in [6.07, 6.45) is 2.86. The van der Waals surface area contributed by atoms with Gasteiger partial charge in [0.15, 0.2) is 0 Å². The summed E-state index contributed by atoms with van der Waals surface area (Å²) in [5.74, 6) is -0.393. The van der Waals surface area contributed by atoms with Crippen LogP contribution in [0.1, 0.15) is 22.3 Å². The highest BCUT2D eigenvalue weighted by atomic mass is 16.5. The fourth-order valence-electron chi connectivity index (χ4n) is 4.01. The van der Waals surface area contributed by atoms with E-state index in [0.29, 0.717) is 17.8 Å². The van der Waals surface area contributed by atoms with Gasteiger partial charge in [0, 0.05) is 36.7 Å². The molecule has 1 aromatic heterocycles. The molecule has 3 aromatic rings. The van der Waals surface area contributed by atoms with Gasteiger partial charge in [-0.1, -0.05) is 24.3 Å². The molecule has 0 bridgehead atoms. The van der Waals surface area contributed by atoms with Crippen molar-refractivity contribution in [1.29, 1.82) is 0 Å². The quantitative estimate of drug-likeness (QED) is 0.356. The molecule has 0 atom stereocenters. The van der Waals surface area contributed by atoms with Crippen LogP contribution in [0.25, 0.3) is 10.9 Å². The van der Waals surface area contributed by atoms with Crippen LogP contribution in [0.2, 0.25) is 0 Å². The highest BCUT2D eigenvalue weighted by Crippen LogP contribution is 2.18. The maximum Gasteiger partial charge on any atom is 0.253 e. The van der Waals surface area contributed by atoms with Gasteiger partial charge in [-0.2, -0.15) is 0 Å². The summed E-state index contributed by atoms with van der Waals surface area (Å²) in [6.45, 7) is 5.90. The summed E-state index contributed by atoms with van der Waals surface area (Å²) >= 11 is 0. The van der Waals surface area contributed by atoms with E-state index in [1.54, 1.807) is 18.2 Å². The van der Waals surface area contributed by atoms with Crippen LogP contribution in [0, 0.1) is 0 Å². The molecule has 4 rings (SSSR count). The zero-order valence-corrected chi connectivity index (χ0v) is 18.7. The Morgan fingerprint density at radius 2 is 1.88 bits per heavy atom. The van der Waals surface area contributed by atoms with Crippen molar-refractivity contribution in [2.75, 3.05) is 51.3 Å². The van der Waals surface area contributed by atoms with Crippen molar-refractivity contribution in [2.45, 2.75) is 13.0 Å². The van der Waals surface area contributed by atoms with E-state index in [9.17, 15) is 9.59 Å². The average Bonchev–Trinajstić information content (AvgIpc) is 3.33. The number of H-pyrrole nitrogens is 1. The Hall–Kier alpha value is -3.20. The first-order chi connectivity index (χ1) is 16.2. The normalized spacial score (nSPS) is 14.3. The molecule has 8 heteroatoms. The first-order valence-electron chi connectivity index (χ1n) is 11.4. The van der Waals surface area contributed by atoms with E-state index >= 15 is 0 Å². The number of anilines is 1. The summed E-state index contributed by atoms with van der Waals surface area (Å²) in [7, 11) is 0. The number of nitrogens with zero attached hydrogens (tertiary/aromatic N) is 1. The van der Waals surface area contributed by atoms with E-state index in [1.165, 1.54) is 0 Å². The summed E-state index contributed by atoms with van der Waals surface area (Å²) in [5, 5.41) is 10.1. The fraction of sp³-hybridized carbons (Fsp3) is 0.360. The number of hydrogen-bond acceptors (Lipinski definition) is 5. The number of hydrogen-bond donors (Lipinski definition) is 4. The van der Waals surface area contributed by atoms with Crippen LogP contribution < -0.4 is 16.0 Å². The number of ether oxygens (including phenoxy) is 1. The van der Waals surface area contributed by atoms with Gasteiger partial charge in [0.2, 0.25) is 5.91 Å². The molecular formula is C25H31N5O3. The van der Waals surface area contributed by atoms with Crippen LogP contribution >= 0.6 is 0 Å². The molecular weight excluding hydrogens is 418 g/mol. The van der Waals surface area contributed by atoms with Gasteiger partial charge in [0.1, 0.15) is 0 Å².